The van der Waals surface area contributed by atoms with Crippen molar-refractivity contribution < 1.29 is 0 Å². The van der Waals surface area contributed by atoms with Crippen LogP contribution in [0, 0.1) is 6.92 Å². The molecule has 47 valence electrons. The van der Waals surface area contributed by atoms with Crippen LogP contribution in [-0.4, -0.2) is 0 Å². The summed E-state index contributed by atoms with van der Waals surface area (Å²) in [5.41, 5.74) is 0. The van der Waals surface area contributed by atoms with Crippen LogP contribution in [0.1, 0.15) is 19.3 Å². The summed E-state index contributed by atoms with van der Waals surface area (Å²) in [7, 11) is 0. The van der Waals surface area contributed by atoms with Crippen molar-refractivity contribution in [3.05, 3.63) is 16.4 Å². The second kappa shape index (κ2) is 5.83. The molecular formula is C6H9Br2. The van der Waals surface area contributed by atoms with Gasteiger partial charge in [0.25, 0.3) is 0 Å². The molecule has 0 aliphatic rings. The summed E-state index contributed by atoms with van der Waals surface area (Å²) in [4.78, 5) is 0. The molecule has 0 aromatic rings. The molecule has 0 unspecified atom stereocenters. The van der Waals surface area contributed by atoms with Crippen LogP contribution in [0.15, 0.2) is 9.47 Å². The molecule has 0 nitrogen and oxygen atoms in total. The second-order valence-electron chi connectivity index (χ2n) is 1.49. The van der Waals surface area contributed by atoms with E-state index in [1.54, 1.807) is 0 Å². The largest absolute Gasteiger partial charge is 0.0632 e. The fourth-order valence-electron chi connectivity index (χ4n) is 0.356. The normalized spacial score (nSPS) is 8.88. The summed E-state index contributed by atoms with van der Waals surface area (Å²) in [5, 5.41) is 0. The zero-order valence-corrected chi connectivity index (χ0v) is 7.83. The Morgan fingerprint density at radius 3 is 2.50 bits per heavy atom. The summed E-state index contributed by atoms with van der Waals surface area (Å²) < 4.78 is 1.04. The third-order valence-corrected chi connectivity index (χ3v) is 1.40. The lowest BCUT2D eigenvalue weighted by molar-refractivity contribution is 0.867. The number of hydrogen-bond acceptors (Lipinski definition) is 0. The Morgan fingerprint density at radius 2 is 2.12 bits per heavy atom. The summed E-state index contributed by atoms with van der Waals surface area (Å²) in [6, 6.07) is 0. The van der Waals surface area contributed by atoms with Gasteiger partial charge in [0, 0.05) is 0 Å². The SMILES string of the molecule is [CH2]CCCC=C(Br)Br. The molecule has 0 saturated carbocycles. The lowest BCUT2D eigenvalue weighted by Crippen LogP contribution is -1.65. The zero-order chi connectivity index (χ0) is 6.41. The Morgan fingerprint density at radius 1 is 1.50 bits per heavy atom. The summed E-state index contributed by atoms with van der Waals surface area (Å²) in [5.74, 6) is 0. The Balaban J connectivity index is 3.03. The van der Waals surface area contributed by atoms with Gasteiger partial charge in [-0.25, -0.2) is 0 Å². The van der Waals surface area contributed by atoms with Gasteiger partial charge in [-0.3, -0.25) is 0 Å². The molecule has 0 spiro atoms. The molecule has 0 fully saturated rings. The summed E-state index contributed by atoms with van der Waals surface area (Å²) >= 11 is 6.52. The highest BCUT2D eigenvalue weighted by Crippen LogP contribution is 2.14. The van der Waals surface area contributed by atoms with Gasteiger partial charge in [-0.15, -0.1) is 0 Å². The molecule has 0 bridgehead atoms. The van der Waals surface area contributed by atoms with Crippen LogP contribution in [0.4, 0.5) is 0 Å². The van der Waals surface area contributed by atoms with Gasteiger partial charge in [-0.1, -0.05) is 19.4 Å². The van der Waals surface area contributed by atoms with Crippen molar-refractivity contribution in [3.63, 3.8) is 0 Å². The summed E-state index contributed by atoms with van der Waals surface area (Å²) in [6.07, 6.45) is 5.38. The molecule has 0 aliphatic heterocycles. The average molecular weight is 241 g/mol. The van der Waals surface area contributed by atoms with Gasteiger partial charge in [0.15, 0.2) is 0 Å². The average Bonchev–Trinajstić information content (AvgIpc) is 1.66. The first-order valence-electron chi connectivity index (χ1n) is 2.57. The molecule has 0 atom stereocenters. The highest BCUT2D eigenvalue weighted by atomic mass is 79.9. The van der Waals surface area contributed by atoms with E-state index in [0.29, 0.717) is 0 Å². The van der Waals surface area contributed by atoms with Crippen LogP contribution in [0.25, 0.3) is 0 Å². The van der Waals surface area contributed by atoms with E-state index in [2.05, 4.69) is 44.9 Å². The van der Waals surface area contributed by atoms with E-state index < -0.39 is 0 Å². The smallest absolute Gasteiger partial charge is 0.0564 e. The Kier molecular flexibility index (Phi) is 6.34. The molecule has 0 aromatic carbocycles. The van der Waals surface area contributed by atoms with Crippen LogP contribution < -0.4 is 0 Å². The minimum Gasteiger partial charge on any atom is -0.0632 e. The minimum absolute atomic E-state index is 1.02. The van der Waals surface area contributed by atoms with E-state index in [4.69, 9.17) is 0 Å². The number of unbranched alkanes of at least 4 members (excludes halogenated alkanes) is 2. The molecule has 0 heterocycles. The van der Waals surface area contributed by atoms with Crippen molar-refractivity contribution in [2.45, 2.75) is 19.3 Å². The van der Waals surface area contributed by atoms with E-state index in [-0.39, 0.29) is 0 Å². The first kappa shape index (κ1) is 8.70. The first-order valence-corrected chi connectivity index (χ1v) is 4.16. The molecule has 0 saturated heterocycles. The Hall–Kier alpha value is 0.700. The van der Waals surface area contributed by atoms with E-state index in [1.165, 1.54) is 6.42 Å². The topological polar surface area (TPSA) is 0 Å². The van der Waals surface area contributed by atoms with E-state index >= 15 is 0 Å². The highest BCUT2D eigenvalue weighted by Gasteiger charge is 1.80. The molecule has 0 aliphatic carbocycles. The summed E-state index contributed by atoms with van der Waals surface area (Å²) in [6.45, 7) is 3.72. The molecular weight excluding hydrogens is 232 g/mol. The lowest BCUT2D eigenvalue weighted by atomic mass is 10.3. The monoisotopic (exact) mass is 239 g/mol. The van der Waals surface area contributed by atoms with Gasteiger partial charge in [-0.05, 0) is 44.7 Å². The molecule has 0 N–H and O–H groups in total. The maximum absolute atomic E-state index is 3.72. The first-order chi connectivity index (χ1) is 3.77. The number of halogens is 2. The number of rotatable bonds is 3. The van der Waals surface area contributed by atoms with Crippen LogP contribution >= 0.6 is 31.9 Å². The van der Waals surface area contributed by atoms with Crippen LogP contribution in [0.3, 0.4) is 0 Å². The molecule has 0 amide bonds. The standard InChI is InChI=1S/C6H9Br2/c1-2-3-4-5-6(7)8/h5H,1-4H2. The van der Waals surface area contributed by atoms with E-state index in [1.807, 2.05) is 0 Å². The maximum atomic E-state index is 3.72. The van der Waals surface area contributed by atoms with Gasteiger partial charge < -0.3 is 0 Å². The van der Waals surface area contributed by atoms with Crippen molar-refractivity contribution in [1.82, 2.24) is 0 Å². The fraction of sp³-hybridized carbons (Fsp3) is 0.500. The van der Waals surface area contributed by atoms with Crippen molar-refractivity contribution in [3.8, 4) is 0 Å². The fourth-order valence-corrected chi connectivity index (χ4v) is 0.813. The van der Waals surface area contributed by atoms with Gasteiger partial charge in [-0.2, -0.15) is 0 Å². The third kappa shape index (κ3) is 6.70. The van der Waals surface area contributed by atoms with Gasteiger partial charge in [0.2, 0.25) is 0 Å². The van der Waals surface area contributed by atoms with E-state index in [0.717, 1.165) is 16.2 Å². The molecule has 2 heteroatoms. The number of hydrogen-bond donors (Lipinski definition) is 0. The van der Waals surface area contributed by atoms with Crippen LogP contribution in [0.2, 0.25) is 0 Å². The van der Waals surface area contributed by atoms with Crippen molar-refractivity contribution >= 4 is 31.9 Å². The predicted molar refractivity (Wildman–Crippen MR) is 45.1 cm³/mol. The van der Waals surface area contributed by atoms with Gasteiger partial charge >= 0.3 is 0 Å². The van der Waals surface area contributed by atoms with Gasteiger partial charge in [0.1, 0.15) is 0 Å². The molecule has 0 rings (SSSR count). The van der Waals surface area contributed by atoms with Crippen LogP contribution in [0.5, 0.6) is 0 Å². The second-order valence-corrected chi connectivity index (χ2v) is 4.26. The Labute approximate surface area is 67.6 Å². The zero-order valence-electron chi connectivity index (χ0n) is 4.66. The van der Waals surface area contributed by atoms with E-state index in [9.17, 15) is 0 Å². The number of allylic oxidation sites excluding steroid dienone is 1. The lowest BCUT2D eigenvalue weighted by Gasteiger charge is -1.86. The molecule has 0 aromatic heterocycles. The maximum Gasteiger partial charge on any atom is 0.0564 e. The predicted octanol–water partition coefficient (Wildman–Crippen LogP) is 3.62. The third-order valence-electron chi connectivity index (χ3n) is 0.753. The minimum atomic E-state index is 1.02. The van der Waals surface area contributed by atoms with Crippen molar-refractivity contribution in [2.75, 3.05) is 0 Å². The highest BCUT2D eigenvalue weighted by molar-refractivity contribution is 9.28. The van der Waals surface area contributed by atoms with Crippen molar-refractivity contribution in [1.29, 1.82) is 0 Å². The van der Waals surface area contributed by atoms with Gasteiger partial charge in [0.05, 0.1) is 3.39 Å². The quantitative estimate of drug-likeness (QED) is 0.662. The molecule has 8 heavy (non-hydrogen) atoms. The van der Waals surface area contributed by atoms with Crippen molar-refractivity contribution in [2.24, 2.45) is 0 Å². The molecule has 1 radical (unpaired) electrons. The Bertz CT molecular complexity index is 72.6. The van der Waals surface area contributed by atoms with Crippen LogP contribution in [-0.2, 0) is 0 Å².